The van der Waals surface area contributed by atoms with Crippen LogP contribution >= 0.6 is 51.2 Å². The summed E-state index contributed by atoms with van der Waals surface area (Å²) in [7, 11) is 1.85. The number of piperidine rings is 1. The lowest BCUT2D eigenvalue weighted by Gasteiger charge is -2.35. The fraction of sp³-hybridized carbons (Fsp3) is 0.688. The zero-order valence-corrected chi connectivity index (χ0v) is 18.9. The van der Waals surface area contributed by atoms with E-state index in [0.717, 1.165) is 18.9 Å². The van der Waals surface area contributed by atoms with E-state index in [9.17, 15) is 0 Å². The fourth-order valence-electron chi connectivity index (χ4n) is 2.74. The van der Waals surface area contributed by atoms with E-state index in [0.29, 0.717) is 12.1 Å². The lowest BCUT2D eigenvalue weighted by Crippen LogP contribution is -2.50. The van der Waals surface area contributed by atoms with Gasteiger partial charge >= 0.3 is 0 Å². The van der Waals surface area contributed by atoms with Gasteiger partial charge in [-0.05, 0) is 61.2 Å². The highest BCUT2D eigenvalue weighted by molar-refractivity contribution is 14.0. The quantitative estimate of drug-likeness (QED) is 0.357. The average molecular weight is 515 g/mol. The van der Waals surface area contributed by atoms with Gasteiger partial charge in [-0.15, -0.1) is 35.3 Å². The van der Waals surface area contributed by atoms with Gasteiger partial charge in [0.05, 0.1) is 3.79 Å². The van der Waals surface area contributed by atoms with Gasteiger partial charge in [-0.3, -0.25) is 4.99 Å². The third-order valence-electron chi connectivity index (χ3n) is 4.12. The predicted molar refractivity (Wildman–Crippen MR) is 115 cm³/mol. The summed E-state index contributed by atoms with van der Waals surface area (Å²) >= 11 is 5.30. The number of hydrogen-bond acceptors (Lipinski definition) is 3. The molecule has 7 heteroatoms. The molecule has 0 saturated carbocycles. The molecule has 0 aromatic carbocycles. The maximum absolute atomic E-state index is 4.35. The first-order chi connectivity index (χ1) is 10.6. The zero-order chi connectivity index (χ0) is 15.9. The summed E-state index contributed by atoms with van der Waals surface area (Å²) in [6, 6.07) is 5.48. The average Bonchev–Trinajstić information content (AvgIpc) is 2.92. The van der Waals surface area contributed by atoms with Gasteiger partial charge in [0.25, 0.3) is 0 Å². The Morgan fingerprint density at radius 2 is 2.09 bits per heavy atom. The van der Waals surface area contributed by atoms with Gasteiger partial charge in [0.15, 0.2) is 5.96 Å². The number of halogens is 2. The van der Waals surface area contributed by atoms with Crippen LogP contribution < -0.4 is 10.6 Å². The van der Waals surface area contributed by atoms with Gasteiger partial charge in [-0.2, -0.15) is 0 Å². The molecule has 23 heavy (non-hydrogen) atoms. The SMILES string of the molecule is CN=C(NCCc1ccc(Br)s1)NC1CCN(C(C)C)CC1.I. The molecule has 0 spiro atoms. The molecule has 0 radical (unpaired) electrons. The van der Waals surface area contributed by atoms with E-state index >= 15 is 0 Å². The number of thiophene rings is 1. The third-order valence-corrected chi connectivity index (χ3v) is 5.80. The topological polar surface area (TPSA) is 39.7 Å². The molecule has 1 saturated heterocycles. The molecular weight excluding hydrogens is 487 g/mol. The van der Waals surface area contributed by atoms with Crippen LogP contribution in [-0.4, -0.2) is 49.6 Å². The summed E-state index contributed by atoms with van der Waals surface area (Å²) in [6.45, 7) is 7.82. The Balaban J connectivity index is 0.00000264. The second-order valence-corrected chi connectivity index (χ2v) is 8.55. The number of nitrogens with one attached hydrogen (secondary N) is 2. The minimum atomic E-state index is 0. The van der Waals surface area contributed by atoms with E-state index in [4.69, 9.17) is 0 Å². The molecule has 2 N–H and O–H groups in total. The van der Waals surface area contributed by atoms with Crippen molar-refractivity contribution in [2.24, 2.45) is 4.99 Å². The van der Waals surface area contributed by atoms with Gasteiger partial charge in [0.1, 0.15) is 0 Å². The maximum Gasteiger partial charge on any atom is 0.191 e. The molecule has 2 rings (SSSR count). The van der Waals surface area contributed by atoms with Crippen LogP contribution in [-0.2, 0) is 6.42 Å². The Labute approximate surface area is 169 Å². The number of guanidine groups is 1. The Morgan fingerprint density at radius 3 is 2.61 bits per heavy atom. The lowest BCUT2D eigenvalue weighted by molar-refractivity contribution is 0.167. The molecule has 1 aliphatic heterocycles. The van der Waals surface area contributed by atoms with Crippen molar-refractivity contribution in [3.05, 3.63) is 20.8 Å². The van der Waals surface area contributed by atoms with Crippen LogP contribution in [0.1, 0.15) is 31.6 Å². The summed E-state index contributed by atoms with van der Waals surface area (Å²) in [4.78, 5) is 8.28. The van der Waals surface area contributed by atoms with Crippen LogP contribution in [0.25, 0.3) is 0 Å². The minimum Gasteiger partial charge on any atom is -0.356 e. The molecular formula is C16H28BrIN4S. The molecule has 0 atom stereocenters. The Kier molecular flexibility index (Phi) is 10.0. The number of hydrogen-bond donors (Lipinski definition) is 2. The fourth-order valence-corrected chi connectivity index (χ4v) is 4.22. The smallest absolute Gasteiger partial charge is 0.191 e. The second-order valence-electron chi connectivity index (χ2n) is 6.00. The van der Waals surface area contributed by atoms with E-state index in [1.165, 1.54) is 34.6 Å². The number of likely N-dealkylation sites (tertiary alicyclic amines) is 1. The highest BCUT2D eigenvalue weighted by atomic mass is 127. The van der Waals surface area contributed by atoms with Gasteiger partial charge in [0, 0.05) is 43.6 Å². The van der Waals surface area contributed by atoms with E-state index in [1.54, 1.807) is 11.3 Å². The molecule has 0 bridgehead atoms. The van der Waals surface area contributed by atoms with Crippen LogP contribution in [0.3, 0.4) is 0 Å². The first-order valence-electron chi connectivity index (χ1n) is 8.04. The minimum absolute atomic E-state index is 0. The van der Waals surface area contributed by atoms with Crippen molar-refractivity contribution in [1.29, 1.82) is 0 Å². The third kappa shape index (κ3) is 7.27. The molecule has 1 fully saturated rings. The summed E-state index contributed by atoms with van der Waals surface area (Å²) in [5.41, 5.74) is 0. The second kappa shape index (κ2) is 10.9. The normalized spacial score (nSPS) is 17.2. The molecule has 4 nitrogen and oxygen atoms in total. The molecule has 2 heterocycles. The highest BCUT2D eigenvalue weighted by Crippen LogP contribution is 2.22. The van der Waals surface area contributed by atoms with Crippen LogP contribution in [0.2, 0.25) is 0 Å². The summed E-state index contributed by atoms with van der Waals surface area (Å²) in [5.74, 6) is 0.929. The van der Waals surface area contributed by atoms with Crippen LogP contribution in [0.15, 0.2) is 20.9 Å². The standard InChI is InChI=1S/C16H27BrN4S.HI/c1-12(2)21-10-7-13(8-11-21)20-16(18-3)19-9-6-14-4-5-15(17)22-14;/h4-5,12-13H,6-11H2,1-3H3,(H2,18,19,20);1H. The van der Waals surface area contributed by atoms with Crippen molar-refractivity contribution < 1.29 is 0 Å². The van der Waals surface area contributed by atoms with E-state index < -0.39 is 0 Å². The van der Waals surface area contributed by atoms with Crippen molar-refractivity contribution >= 4 is 57.2 Å². The summed E-state index contributed by atoms with van der Waals surface area (Å²) in [6.07, 6.45) is 3.41. The zero-order valence-electron chi connectivity index (χ0n) is 14.1. The van der Waals surface area contributed by atoms with E-state index in [1.807, 2.05) is 7.05 Å². The largest absolute Gasteiger partial charge is 0.356 e. The first kappa shape index (κ1) is 21.2. The van der Waals surface area contributed by atoms with Crippen molar-refractivity contribution in [3.63, 3.8) is 0 Å². The lowest BCUT2D eigenvalue weighted by atomic mass is 10.0. The number of rotatable bonds is 5. The van der Waals surface area contributed by atoms with Crippen molar-refractivity contribution in [2.45, 2.75) is 45.2 Å². The van der Waals surface area contributed by atoms with Gasteiger partial charge < -0.3 is 15.5 Å². The number of nitrogens with zero attached hydrogens (tertiary/aromatic N) is 2. The highest BCUT2D eigenvalue weighted by Gasteiger charge is 2.21. The van der Waals surface area contributed by atoms with Gasteiger partial charge in [0.2, 0.25) is 0 Å². The maximum atomic E-state index is 4.35. The Bertz CT molecular complexity index is 484. The predicted octanol–water partition coefficient (Wildman–Crippen LogP) is 3.71. The van der Waals surface area contributed by atoms with E-state index in [-0.39, 0.29) is 24.0 Å². The van der Waals surface area contributed by atoms with Crippen molar-refractivity contribution in [1.82, 2.24) is 15.5 Å². The van der Waals surface area contributed by atoms with Crippen molar-refractivity contribution in [2.75, 3.05) is 26.7 Å². The van der Waals surface area contributed by atoms with Crippen molar-refractivity contribution in [3.8, 4) is 0 Å². The Morgan fingerprint density at radius 1 is 1.39 bits per heavy atom. The molecule has 0 unspecified atom stereocenters. The molecule has 0 amide bonds. The monoisotopic (exact) mass is 514 g/mol. The molecule has 1 aliphatic rings. The molecule has 1 aromatic rings. The van der Waals surface area contributed by atoms with Gasteiger partial charge in [-0.25, -0.2) is 0 Å². The van der Waals surface area contributed by atoms with E-state index in [2.05, 4.69) is 62.4 Å². The Hall–Kier alpha value is 0.140. The van der Waals surface area contributed by atoms with Crippen LogP contribution in [0.5, 0.6) is 0 Å². The summed E-state index contributed by atoms with van der Waals surface area (Å²) in [5, 5.41) is 6.99. The van der Waals surface area contributed by atoms with Gasteiger partial charge in [-0.1, -0.05) is 0 Å². The molecule has 132 valence electrons. The molecule has 0 aliphatic carbocycles. The molecule has 1 aromatic heterocycles. The number of aliphatic imine (C=N–C) groups is 1. The van der Waals surface area contributed by atoms with Crippen LogP contribution in [0, 0.1) is 0 Å². The summed E-state index contributed by atoms with van der Waals surface area (Å²) < 4.78 is 1.20. The van der Waals surface area contributed by atoms with Crippen LogP contribution in [0.4, 0.5) is 0 Å². The first-order valence-corrected chi connectivity index (χ1v) is 9.65.